The van der Waals surface area contributed by atoms with Crippen molar-refractivity contribution >= 4 is 28.9 Å². The number of nitrogens with one attached hydrogen (secondary N) is 1. The summed E-state index contributed by atoms with van der Waals surface area (Å²) in [7, 11) is 0. The SMILES string of the molecule is CC1CCCC(C)C1Nc1c(Cl)cc(F)cc1Cl. The minimum Gasteiger partial charge on any atom is -0.379 e. The fourth-order valence-corrected chi connectivity index (χ4v) is 3.38. The first kappa shape index (κ1) is 14.0. The molecule has 1 saturated carbocycles. The van der Waals surface area contributed by atoms with Crippen molar-refractivity contribution in [1.29, 1.82) is 0 Å². The van der Waals surface area contributed by atoms with Gasteiger partial charge in [0.25, 0.3) is 0 Å². The molecule has 18 heavy (non-hydrogen) atoms. The number of hydrogen-bond acceptors (Lipinski definition) is 1. The maximum absolute atomic E-state index is 13.1. The Balaban J connectivity index is 2.23. The average Bonchev–Trinajstić information content (AvgIpc) is 2.26. The van der Waals surface area contributed by atoms with Crippen LogP contribution in [0.5, 0.6) is 0 Å². The Labute approximate surface area is 118 Å². The zero-order chi connectivity index (χ0) is 13.3. The molecular formula is C14H18Cl2FN. The van der Waals surface area contributed by atoms with Crippen LogP contribution in [-0.2, 0) is 0 Å². The molecule has 1 aromatic carbocycles. The Morgan fingerprint density at radius 3 is 2.11 bits per heavy atom. The van der Waals surface area contributed by atoms with E-state index < -0.39 is 5.82 Å². The van der Waals surface area contributed by atoms with Crippen LogP contribution in [0, 0.1) is 17.7 Å². The Kier molecular flexibility index (Phi) is 4.39. The van der Waals surface area contributed by atoms with Gasteiger partial charge in [-0.2, -0.15) is 0 Å². The molecule has 1 nitrogen and oxygen atoms in total. The number of hydrogen-bond donors (Lipinski definition) is 1. The van der Waals surface area contributed by atoms with Gasteiger partial charge in [0, 0.05) is 6.04 Å². The molecule has 1 aromatic rings. The van der Waals surface area contributed by atoms with Crippen molar-refractivity contribution in [2.45, 2.75) is 39.2 Å². The van der Waals surface area contributed by atoms with E-state index in [1.54, 1.807) is 0 Å². The highest BCUT2D eigenvalue weighted by Gasteiger charge is 2.28. The summed E-state index contributed by atoms with van der Waals surface area (Å²) in [4.78, 5) is 0. The topological polar surface area (TPSA) is 12.0 Å². The summed E-state index contributed by atoms with van der Waals surface area (Å²) in [5, 5.41) is 4.12. The summed E-state index contributed by atoms with van der Waals surface area (Å²) >= 11 is 12.1. The van der Waals surface area contributed by atoms with Crippen LogP contribution in [0.1, 0.15) is 33.1 Å². The second-order valence-electron chi connectivity index (χ2n) is 5.30. The van der Waals surface area contributed by atoms with Crippen molar-refractivity contribution in [1.82, 2.24) is 0 Å². The quantitative estimate of drug-likeness (QED) is 0.772. The van der Waals surface area contributed by atoms with Gasteiger partial charge in [-0.05, 0) is 36.8 Å². The molecule has 0 aromatic heterocycles. The third kappa shape index (κ3) is 2.92. The molecule has 0 bridgehead atoms. The molecule has 0 heterocycles. The Morgan fingerprint density at radius 2 is 1.61 bits per heavy atom. The third-order valence-electron chi connectivity index (χ3n) is 3.86. The highest BCUT2D eigenvalue weighted by Crippen LogP contribution is 2.36. The molecule has 1 aliphatic carbocycles. The van der Waals surface area contributed by atoms with Crippen molar-refractivity contribution in [2.75, 3.05) is 5.32 Å². The van der Waals surface area contributed by atoms with Crippen LogP contribution >= 0.6 is 23.2 Å². The zero-order valence-corrected chi connectivity index (χ0v) is 12.2. The summed E-state index contributed by atoms with van der Waals surface area (Å²) in [6, 6.07) is 2.95. The highest BCUT2D eigenvalue weighted by molar-refractivity contribution is 6.39. The van der Waals surface area contributed by atoms with Gasteiger partial charge in [-0.3, -0.25) is 0 Å². The van der Waals surface area contributed by atoms with Crippen molar-refractivity contribution < 1.29 is 4.39 Å². The predicted octanol–water partition coefficient (Wildman–Crippen LogP) is 5.37. The summed E-state index contributed by atoms with van der Waals surface area (Å²) in [6.45, 7) is 4.47. The van der Waals surface area contributed by atoms with E-state index in [4.69, 9.17) is 23.2 Å². The van der Waals surface area contributed by atoms with E-state index in [2.05, 4.69) is 19.2 Å². The van der Waals surface area contributed by atoms with Gasteiger partial charge in [0.2, 0.25) is 0 Å². The van der Waals surface area contributed by atoms with E-state index in [0.717, 1.165) is 0 Å². The lowest BCUT2D eigenvalue weighted by Crippen LogP contribution is -2.37. The number of rotatable bonds is 2. The van der Waals surface area contributed by atoms with Gasteiger partial charge in [-0.25, -0.2) is 4.39 Å². The van der Waals surface area contributed by atoms with Gasteiger partial charge in [0.1, 0.15) is 5.82 Å². The van der Waals surface area contributed by atoms with Gasteiger partial charge in [-0.1, -0.05) is 43.5 Å². The first-order valence-corrected chi connectivity index (χ1v) is 7.15. The fourth-order valence-electron chi connectivity index (χ4n) is 2.81. The molecule has 1 fully saturated rings. The molecule has 0 aliphatic heterocycles. The lowest BCUT2D eigenvalue weighted by molar-refractivity contribution is 0.268. The smallest absolute Gasteiger partial charge is 0.126 e. The highest BCUT2D eigenvalue weighted by atomic mass is 35.5. The lowest BCUT2D eigenvalue weighted by atomic mass is 9.78. The molecule has 4 heteroatoms. The standard InChI is InChI=1S/C14H18Cl2FN/c1-8-4-3-5-9(2)13(8)18-14-11(15)6-10(17)7-12(14)16/h6-9,13,18H,3-5H2,1-2H3. The second-order valence-corrected chi connectivity index (χ2v) is 6.11. The lowest BCUT2D eigenvalue weighted by Gasteiger charge is -2.36. The Hall–Kier alpha value is -0.470. The molecule has 2 unspecified atom stereocenters. The van der Waals surface area contributed by atoms with E-state index in [-0.39, 0.29) is 0 Å². The monoisotopic (exact) mass is 289 g/mol. The molecule has 0 radical (unpaired) electrons. The van der Waals surface area contributed by atoms with Crippen molar-refractivity contribution in [3.8, 4) is 0 Å². The molecule has 1 N–H and O–H groups in total. The van der Waals surface area contributed by atoms with Crippen LogP contribution in [0.25, 0.3) is 0 Å². The van der Waals surface area contributed by atoms with Crippen LogP contribution in [-0.4, -0.2) is 6.04 Å². The largest absolute Gasteiger partial charge is 0.379 e. The molecule has 0 spiro atoms. The second kappa shape index (κ2) is 5.66. The van der Waals surface area contributed by atoms with E-state index in [1.807, 2.05) is 0 Å². The van der Waals surface area contributed by atoms with Crippen molar-refractivity contribution in [2.24, 2.45) is 11.8 Å². The van der Waals surface area contributed by atoms with Gasteiger partial charge < -0.3 is 5.32 Å². The number of anilines is 1. The normalized spacial score (nSPS) is 28.2. The maximum Gasteiger partial charge on any atom is 0.126 e. The summed E-state index contributed by atoms with van der Waals surface area (Å²) in [6.07, 6.45) is 3.68. The van der Waals surface area contributed by atoms with Gasteiger partial charge in [0.05, 0.1) is 15.7 Å². The van der Waals surface area contributed by atoms with Crippen molar-refractivity contribution in [3.63, 3.8) is 0 Å². The molecule has 1 aliphatic rings. The molecule has 2 rings (SSSR count). The molecule has 2 atom stereocenters. The van der Waals surface area contributed by atoms with Crippen LogP contribution in [0.3, 0.4) is 0 Å². The van der Waals surface area contributed by atoms with Crippen LogP contribution in [0.15, 0.2) is 12.1 Å². The van der Waals surface area contributed by atoms with E-state index in [1.165, 1.54) is 31.4 Å². The molecule has 0 amide bonds. The van der Waals surface area contributed by atoms with E-state index in [9.17, 15) is 4.39 Å². The summed E-state index contributed by atoms with van der Waals surface area (Å²) in [5.41, 5.74) is 0.658. The molecule has 100 valence electrons. The van der Waals surface area contributed by atoms with Crippen LogP contribution in [0.4, 0.5) is 10.1 Å². The molecular weight excluding hydrogens is 272 g/mol. The number of halogens is 3. The van der Waals surface area contributed by atoms with Gasteiger partial charge >= 0.3 is 0 Å². The van der Waals surface area contributed by atoms with Gasteiger partial charge in [0.15, 0.2) is 0 Å². The molecule has 0 saturated heterocycles. The Morgan fingerprint density at radius 1 is 1.11 bits per heavy atom. The van der Waals surface area contributed by atoms with Crippen LogP contribution < -0.4 is 5.32 Å². The van der Waals surface area contributed by atoms with Crippen molar-refractivity contribution in [3.05, 3.63) is 28.0 Å². The van der Waals surface area contributed by atoms with E-state index in [0.29, 0.717) is 33.6 Å². The fraction of sp³-hybridized carbons (Fsp3) is 0.571. The van der Waals surface area contributed by atoms with Gasteiger partial charge in [-0.15, -0.1) is 0 Å². The number of benzene rings is 1. The average molecular weight is 290 g/mol. The first-order chi connectivity index (χ1) is 8.49. The van der Waals surface area contributed by atoms with Crippen LogP contribution in [0.2, 0.25) is 10.0 Å². The third-order valence-corrected chi connectivity index (χ3v) is 4.46. The maximum atomic E-state index is 13.1. The zero-order valence-electron chi connectivity index (χ0n) is 10.6. The predicted molar refractivity (Wildman–Crippen MR) is 76.0 cm³/mol. The summed E-state index contributed by atoms with van der Waals surface area (Å²) < 4.78 is 13.1. The minimum atomic E-state index is -0.403. The van der Waals surface area contributed by atoms with E-state index >= 15 is 0 Å². The summed E-state index contributed by atoms with van der Waals surface area (Å²) in [5.74, 6) is 0.747. The first-order valence-electron chi connectivity index (χ1n) is 6.40. The minimum absolute atomic E-state index is 0.346. The Bertz CT molecular complexity index is 403.